The number of amides is 2. The molecule has 2 amide bonds. The van der Waals surface area contributed by atoms with Gasteiger partial charge in [0.05, 0.1) is 24.7 Å². The van der Waals surface area contributed by atoms with Crippen molar-refractivity contribution in [3.63, 3.8) is 0 Å². The Bertz CT molecular complexity index is 780. The molecule has 1 saturated heterocycles. The van der Waals surface area contributed by atoms with Gasteiger partial charge >= 0.3 is 6.09 Å². The number of hydrogen-bond acceptors (Lipinski definition) is 5. The van der Waals surface area contributed by atoms with Crippen LogP contribution in [0.4, 0.5) is 4.79 Å². The minimum absolute atomic E-state index is 0.0305. The van der Waals surface area contributed by atoms with Crippen molar-refractivity contribution in [2.45, 2.75) is 19.1 Å². The summed E-state index contributed by atoms with van der Waals surface area (Å²) in [5, 5.41) is 15.7. The van der Waals surface area contributed by atoms with Gasteiger partial charge in [-0.1, -0.05) is 12.1 Å². The highest BCUT2D eigenvalue weighted by molar-refractivity contribution is 5.87. The molecule has 128 valence electrons. The van der Waals surface area contributed by atoms with E-state index in [4.69, 9.17) is 10.00 Å². The van der Waals surface area contributed by atoms with Crippen LogP contribution in [0.5, 0.6) is 0 Å². The van der Waals surface area contributed by atoms with Crippen LogP contribution in [0.1, 0.15) is 11.1 Å². The Morgan fingerprint density at radius 2 is 2.20 bits per heavy atom. The third-order valence-electron chi connectivity index (χ3n) is 3.91. The van der Waals surface area contributed by atoms with Gasteiger partial charge in [0.25, 0.3) is 0 Å². The standard InChI is InChI=1S/C17H17N5O3/c18-10-13-2-4-14(5-3-13)11-22-15(12-25-17(22)24)16(23)19-7-9-21-8-1-6-20-21/h1-6,8,15H,7,9,11-12H2,(H,19,23)/t15-/m0/s1. The summed E-state index contributed by atoms with van der Waals surface area (Å²) in [6.07, 6.45) is 2.97. The molecule has 0 unspecified atom stereocenters. The zero-order valence-electron chi connectivity index (χ0n) is 13.5. The Balaban J connectivity index is 1.58. The molecule has 2 heterocycles. The van der Waals surface area contributed by atoms with Crippen molar-refractivity contribution >= 4 is 12.0 Å². The molecule has 25 heavy (non-hydrogen) atoms. The molecule has 1 atom stereocenters. The van der Waals surface area contributed by atoms with E-state index in [1.807, 2.05) is 18.3 Å². The molecule has 0 saturated carbocycles. The molecule has 8 heteroatoms. The first-order valence-electron chi connectivity index (χ1n) is 7.85. The van der Waals surface area contributed by atoms with Crippen molar-refractivity contribution in [2.24, 2.45) is 0 Å². The number of cyclic esters (lactones) is 1. The lowest BCUT2D eigenvalue weighted by Gasteiger charge is -2.20. The summed E-state index contributed by atoms with van der Waals surface area (Å²) in [6, 6.07) is 10.1. The maximum atomic E-state index is 12.4. The summed E-state index contributed by atoms with van der Waals surface area (Å²) < 4.78 is 6.74. The van der Waals surface area contributed by atoms with E-state index in [0.29, 0.717) is 18.7 Å². The fourth-order valence-electron chi connectivity index (χ4n) is 2.57. The minimum atomic E-state index is -0.666. The van der Waals surface area contributed by atoms with E-state index in [1.165, 1.54) is 4.90 Å². The van der Waals surface area contributed by atoms with Gasteiger partial charge in [-0.05, 0) is 23.8 Å². The van der Waals surface area contributed by atoms with E-state index < -0.39 is 12.1 Å². The number of hydrogen-bond donors (Lipinski definition) is 1. The van der Waals surface area contributed by atoms with Gasteiger partial charge in [0.2, 0.25) is 5.91 Å². The van der Waals surface area contributed by atoms with Crippen molar-refractivity contribution in [3.8, 4) is 6.07 Å². The van der Waals surface area contributed by atoms with E-state index >= 15 is 0 Å². The lowest BCUT2D eigenvalue weighted by molar-refractivity contribution is -0.125. The van der Waals surface area contributed by atoms with Crippen LogP contribution in [0.3, 0.4) is 0 Å². The third-order valence-corrected chi connectivity index (χ3v) is 3.91. The number of aromatic nitrogens is 2. The average Bonchev–Trinajstić information content (AvgIpc) is 3.26. The molecule has 1 aliphatic heterocycles. The van der Waals surface area contributed by atoms with E-state index in [9.17, 15) is 9.59 Å². The number of carbonyl (C=O) groups excluding carboxylic acids is 2. The monoisotopic (exact) mass is 339 g/mol. The third kappa shape index (κ3) is 3.95. The second-order valence-corrected chi connectivity index (χ2v) is 5.59. The summed E-state index contributed by atoms with van der Waals surface area (Å²) in [6.45, 7) is 1.25. The average molecular weight is 339 g/mol. The second kappa shape index (κ2) is 7.49. The quantitative estimate of drug-likeness (QED) is 0.842. The van der Waals surface area contributed by atoms with Crippen molar-refractivity contribution < 1.29 is 14.3 Å². The highest BCUT2D eigenvalue weighted by atomic mass is 16.6. The van der Waals surface area contributed by atoms with E-state index in [-0.39, 0.29) is 19.1 Å². The molecule has 0 radical (unpaired) electrons. The molecule has 2 aromatic rings. The van der Waals surface area contributed by atoms with E-state index in [1.54, 1.807) is 35.1 Å². The topological polar surface area (TPSA) is 100 Å². The SMILES string of the molecule is N#Cc1ccc(CN2C(=O)OC[C@H]2C(=O)NCCn2cccn2)cc1. The maximum absolute atomic E-state index is 12.4. The first kappa shape index (κ1) is 16.5. The summed E-state index contributed by atoms with van der Waals surface area (Å²) in [5.74, 6) is -0.258. The van der Waals surface area contributed by atoms with Gasteiger partial charge in [0.15, 0.2) is 0 Å². The number of nitrogens with one attached hydrogen (secondary N) is 1. The first-order chi connectivity index (χ1) is 12.2. The van der Waals surface area contributed by atoms with Gasteiger partial charge in [0, 0.05) is 18.9 Å². The van der Waals surface area contributed by atoms with Crippen molar-refractivity contribution in [1.82, 2.24) is 20.0 Å². The normalized spacial score (nSPS) is 16.4. The van der Waals surface area contributed by atoms with Crippen LogP contribution in [0.15, 0.2) is 42.7 Å². The van der Waals surface area contributed by atoms with Gasteiger partial charge in [-0.15, -0.1) is 0 Å². The molecule has 0 aliphatic carbocycles. The van der Waals surface area contributed by atoms with Crippen molar-refractivity contribution in [1.29, 1.82) is 5.26 Å². The van der Waals surface area contributed by atoms with Crippen molar-refractivity contribution in [2.75, 3.05) is 13.2 Å². The van der Waals surface area contributed by atoms with Crippen LogP contribution in [-0.2, 0) is 22.6 Å². The van der Waals surface area contributed by atoms with Crippen LogP contribution in [0.25, 0.3) is 0 Å². The van der Waals surface area contributed by atoms with Crippen LogP contribution in [-0.4, -0.2) is 45.9 Å². The Kier molecular flexibility index (Phi) is 4.95. The molecule has 1 aliphatic rings. The fraction of sp³-hybridized carbons (Fsp3) is 0.294. The Morgan fingerprint density at radius 1 is 1.40 bits per heavy atom. The lowest BCUT2D eigenvalue weighted by Crippen LogP contribution is -2.46. The number of ether oxygens (including phenoxy) is 1. The summed E-state index contributed by atoms with van der Waals surface area (Å²) in [7, 11) is 0. The highest BCUT2D eigenvalue weighted by Gasteiger charge is 2.37. The van der Waals surface area contributed by atoms with Crippen LogP contribution < -0.4 is 5.32 Å². The smallest absolute Gasteiger partial charge is 0.410 e. The molecule has 1 aromatic carbocycles. The van der Waals surface area contributed by atoms with E-state index in [2.05, 4.69) is 10.4 Å². The Morgan fingerprint density at radius 3 is 2.88 bits per heavy atom. The van der Waals surface area contributed by atoms with Gasteiger partial charge in [-0.2, -0.15) is 10.4 Å². The van der Waals surface area contributed by atoms with Crippen molar-refractivity contribution in [3.05, 3.63) is 53.9 Å². The maximum Gasteiger partial charge on any atom is 0.410 e. The summed E-state index contributed by atoms with van der Waals surface area (Å²) in [5.41, 5.74) is 1.37. The van der Waals surface area contributed by atoms with Gasteiger partial charge in [-0.3, -0.25) is 14.4 Å². The fourth-order valence-corrected chi connectivity index (χ4v) is 2.57. The number of nitrogens with zero attached hydrogens (tertiary/aromatic N) is 4. The largest absolute Gasteiger partial charge is 0.447 e. The first-order valence-corrected chi connectivity index (χ1v) is 7.85. The highest BCUT2D eigenvalue weighted by Crippen LogP contribution is 2.17. The molecule has 1 N–H and O–H groups in total. The van der Waals surface area contributed by atoms with Gasteiger partial charge < -0.3 is 10.1 Å². The van der Waals surface area contributed by atoms with Gasteiger partial charge in [-0.25, -0.2) is 4.79 Å². The zero-order chi connectivity index (χ0) is 17.6. The molecular weight excluding hydrogens is 322 g/mol. The van der Waals surface area contributed by atoms with E-state index in [0.717, 1.165) is 5.56 Å². The predicted molar refractivity (Wildman–Crippen MR) is 87.1 cm³/mol. The molecule has 0 bridgehead atoms. The minimum Gasteiger partial charge on any atom is -0.447 e. The number of benzene rings is 1. The summed E-state index contributed by atoms with van der Waals surface area (Å²) >= 11 is 0. The molecule has 0 spiro atoms. The molecule has 1 fully saturated rings. The Labute approximate surface area is 144 Å². The molecule has 8 nitrogen and oxygen atoms in total. The molecular formula is C17H17N5O3. The molecule has 1 aromatic heterocycles. The Hall–Kier alpha value is -3.34. The lowest BCUT2D eigenvalue weighted by atomic mass is 10.1. The number of carbonyl (C=O) groups is 2. The second-order valence-electron chi connectivity index (χ2n) is 5.59. The number of rotatable bonds is 6. The zero-order valence-corrected chi connectivity index (χ0v) is 13.5. The predicted octanol–water partition coefficient (Wildman–Crippen LogP) is 0.892. The van der Waals surface area contributed by atoms with Gasteiger partial charge in [0.1, 0.15) is 12.6 Å². The van der Waals surface area contributed by atoms with Crippen LogP contribution >= 0.6 is 0 Å². The molecule has 3 rings (SSSR count). The van der Waals surface area contributed by atoms with Crippen LogP contribution in [0.2, 0.25) is 0 Å². The summed E-state index contributed by atoms with van der Waals surface area (Å²) in [4.78, 5) is 25.7. The van der Waals surface area contributed by atoms with Crippen LogP contribution in [0, 0.1) is 11.3 Å². The number of nitriles is 1.